The molecule has 33 heavy (non-hydrogen) atoms. The molecule has 2 aromatic rings. The van der Waals surface area contributed by atoms with E-state index in [0.29, 0.717) is 11.3 Å². The maximum absolute atomic E-state index is 12.7. The first-order chi connectivity index (χ1) is 15.3. The van der Waals surface area contributed by atoms with Crippen molar-refractivity contribution in [3.8, 4) is 11.5 Å². The molecule has 0 amide bonds. The van der Waals surface area contributed by atoms with Crippen molar-refractivity contribution < 1.29 is 18.7 Å². The Morgan fingerprint density at radius 1 is 1.09 bits per heavy atom. The van der Waals surface area contributed by atoms with Crippen molar-refractivity contribution in [2.24, 2.45) is 0 Å². The Morgan fingerprint density at radius 3 is 2.33 bits per heavy atom. The van der Waals surface area contributed by atoms with Gasteiger partial charge in [-0.2, -0.15) is 0 Å². The second-order valence-corrected chi connectivity index (χ2v) is 14.6. The van der Waals surface area contributed by atoms with Crippen molar-refractivity contribution in [1.29, 1.82) is 0 Å². The molecule has 1 N–H and O–H groups in total. The van der Waals surface area contributed by atoms with Gasteiger partial charge in [-0.1, -0.05) is 45.5 Å². The number of rotatable bonds is 9. The van der Waals surface area contributed by atoms with Crippen LogP contribution in [-0.2, 0) is 9.53 Å². The number of esters is 1. The van der Waals surface area contributed by atoms with Gasteiger partial charge in [-0.05, 0) is 73.8 Å². The van der Waals surface area contributed by atoms with Crippen LogP contribution in [0, 0.1) is 13.8 Å². The summed E-state index contributed by atoms with van der Waals surface area (Å²) in [4.78, 5) is 12.7. The monoisotopic (exact) mass is 469 g/mol. The molecule has 0 aliphatic rings. The van der Waals surface area contributed by atoms with Gasteiger partial charge < -0.3 is 19.2 Å². The molecule has 6 heteroatoms. The Balaban J connectivity index is 2.53. The first-order valence-corrected chi connectivity index (χ1v) is 14.3. The summed E-state index contributed by atoms with van der Waals surface area (Å²) in [5.41, 5.74) is 4.10. The molecule has 0 radical (unpaired) electrons. The van der Waals surface area contributed by atoms with Crippen LogP contribution in [0.15, 0.2) is 48.6 Å². The van der Waals surface area contributed by atoms with E-state index in [2.05, 4.69) is 45.8 Å². The topological polar surface area (TPSA) is 56.8 Å². The van der Waals surface area contributed by atoms with Gasteiger partial charge in [-0.3, -0.25) is 0 Å². The van der Waals surface area contributed by atoms with Crippen LogP contribution < -0.4 is 14.5 Å². The van der Waals surface area contributed by atoms with E-state index in [9.17, 15) is 4.79 Å². The van der Waals surface area contributed by atoms with Crippen molar-refractivity contribution in [1.82, 2.24) is 0 Å². The lowest BCUT2D eigenvalue weighted by atomic mass is 9.97. The number of nitrogens with one attached hydrogen (secondary N) is 1. The van der Waals surface area contributed by atoms with Crippen LogP contribution in [0.5, 0.6) is 11.5 Å². The molecule has 5 nitrogen and oxygen atoms in total. The molecule has 2 aromatic carbocycles. The third kappa shape index (κ3) is 6.41. The minimum absolute atomic E-state index is 0.0664. The molecule has 0 unspecified atom stereocenters. The van der Waals surface area contributed by atoms with E-state index < -0.39 is 20.3 Å². The van der Waals surface area contributed by atoms with E-state index in [0.717, 1.165) is 28.1 Å². The minimum atomic E-state index is -2.05. The van der Waals surface area contributed by atoms with E-state index >= 15 is 0 Å². The fraction of sp³-hybridized carbons (Fsp3) is 0.444. The Morgan fingerprint density at radius 2 is 1.76 bits per heavy atom. The van der Waals surface area contributed by atoms with E-state index in [1.54, 1.807) is 14.0 Å². The molecule has 0 bridgehead atoms. The van der Waals surface area contributed by atoms with Gasteiger partial charge >= 0.3 is 5.97 Å². The summed E-state index contributed by atoms with van der Waals surface area (Å²) in [6, 6.07) is 11.4. The Bertz CT molecular complexity index is 1010. The lowest BCUT2D eigenvalue weighted by molar-refractivity contribution is -0.138. The fourth-order valence-corrected chi connectivity index (χ4v) is 4.20. The average Bonchev–Trinajstić information content (AvgIpc) is 2.73. The van der Waals surface area contributed by atoms with Crippen LogP contribution >= 0.6 is 0 Å². The molecule has 1 atom stereocenters. The van der Waals surface area contributed by atoms with Crippen molar-refractivity contribution in [3.05, 3.63) is 65.2 Å². The number of aryl methyl sites for hydroxylation is 2. The van der Waals surface area contributed by atoms with Gasteiger partial charge in [0.2, 0.25) is 8.32 Å². The second-order valence-electron chi connectivity index (χ2n) is 9.91. The maximum atomic E-state index is 12.7. The van der Waals surface area contributed by atoms with Gasteiger partial charge in [-0.25, -0.2) is 4.79 Å². The molecule has 0 heterocycles. The zero-order valence-electron chi connectivity index (χ0n) is 21.6. The molecule has 0 spiro atoms. The molecular formula is C27H39NO4Si. The number of anilines is 1. The summed E-state index contributed by atoms with van der Waals surface area (Å²) >= 11 is 0. The van der Waals surface area contributed by atoms with Crippen molar-refractivity contribution >= 4 is 20.0 Å². The molecule has 0 aliphatic heterocycles. The summed E-state index contributed by atoms with van der Waals surface area (Å²) in [5.74, 6) is 1.09. The predicted molar refractivity (Wildman–Crippen MR) is 139 cm³/mol. The van der Waals surface area contributed by atoms with E-state index in [1.165, 1.54) is 0 Å². The molecule has 0 saturated heterocycles. The summed E-state index contributed by atoms with van der Waals surface area (Å²) in [6.45, 7) is 21.3. The lowest BCUT2D eigenvalue weighted by Crippen LogP contribution is -2.44. The van der Waals surface area contributed by atoms with Crippen LogP contribution in [0.25, 0.3) is 0 Å². The van der Waals surface area contributed by atoms with E-state index in [1.807, 2.05) is 50.2 Å². The highest BCUT2D eigenvalue weighted by Crippen LogP contribution is 2.40. The van der Waals surface area contributed by atoms with Crippen LogP contribution in [0.1, 0.15) is 50.4 Å². The van der Waals surface area contributed by atoms with Crippen molar-refractivity contribution in [3.63, 3.8) is 0 Å². The smallest absolute Gasteiger partial charge is 0.335 e. The SMILES string of the molecule is C=C(C(=O)OCC)[C@@H](Nc1ccc(C)cc1OC)c1ccc(C)c(O[Si](C)(C)C(C)(C)C)c1. The van der Waals surface area contributed by atoms with Gasteiger partial charge in [0.25, 0.3) is 0 Å². The standard InChI is InChI=1S/C27H39NO4Si/c1-11-31-26(29)20(4)25(28-22-15-12-18(2)16-24(22)30-8)21-14-13-19(3)23(17-21)32-33(9,10)27(5,6)7/h12-17,25,28H,4,11H2,1-3,5-10H3/t25-/m1/s1. The fourth-order valence-electron chi connectivity index (χ4n) is 3.12. The van der Waals surface area contributed by atoms with E-state index in [-0.39, 0.29) is 11.6 Å². The number of carbonyl (C=O) groups is 1. The largest absolute Gasteiger partial charge is 0.543 e. The van der Waals surface area contributed by atoms with Gasteiger partial charge in [0.1, 0.15) is 11.5 Å². The molecule has 0 aliphatic carbocycles. The first-order valence-electron chi connectivity index (χ1n) is 11.4. The molecule has 0 aromatic heterocycles. The zero-order chi connectivity index (χ0) is 25.0. The van der Waals surface area contributed by atoms with Crippen LogP contribution in [0.3, 0.4) is 0 Å². The highest BCUT2D eigenvalue weighted by Gasteiger charge is 2.39. The quantitative estimate of drug-likeness (QED) is 0.244. The van der Waals surface area contributed by atoms with Gasteiger partial charge in [-0.15, -0.1) is 0 Å². The number of hydrogen-bond donors (Lipinski definition) is 1. The Labute approximate surface area is 200 Å². The Hall–Kier alpha value is -2.73. The third-order valence-corrected chi connectivity index (χ3v) is 10.6. The normalized spacial score (nSPS) is 12.6. The lowest BCUT2D eigenvalue weighted by Gasteiger charge is -2.37. The molecular weight excluding hydrogens is 430 g/mol. The average molecular weight is 470 g/mol. The minimum Gasteiger partial charge on any atom is -0.543 e. The third-order valence-electron chi connectivity index (χ3n) is 6.26. The number of carbonyl (C=O) groups excluding carboxylic acids is 1. The van der Waals surface area contributed by atoms with Gasteiger partial charge in [0.15, 0.2) is 0 Å². The number of benzene rings is 2. The molecule has 2 rings (SSSR count). The van der Waals surface area contributed by atoms with Crippen molar-refractivity contribution in [2.45, 2.75) is 65.7 Å². The maximum Gasteiger partial charge on any atom is 0.335 e. The van der Waals surface area contributed by atoms with Crippen LogP contribution in [0.4, 0.5) is 5.69 Å². The predicted octanol–water partition coefficient (Wildman–Crippen LogP) is 6.97. The first kappa shape index (κ1) is 26.5. The number of hydrogen-bond acceptors (Lipinski definition) is 5. The Kier molecular flexibility index (Phi) is 8.41. The van der Waals surface area contributed by atoms with Crippen LogP contribution in [-0.4, -0.2) is 28.0 Å². The van der Waals surface area contributed by atoms with Gasteiger partial charge in [0, 0.05) is 0 Å². The van der Waals surface area contributed by atoms with Gasteiger partial charge in [0.05, 0.1) is 31.0 Å². The number of ether oxygens (including phenoxy) is 2. The second kappa shape index (κ2) is 10.5. The van der Waals surface area contributed by atoms with Crippen LogP contribution in [0.2, 0.25) is 18.1 Å². The molecule has 180 valence electrons. The highest BCUT2D eigenvalue weighted by atomic mass is 28.4. The highest BCUT2D eigenvalue weighted by molar-refractivity contribution is 6.74. The summed E-state index contributed by atoms with van der Waals surface area (Å²) < 4.78 is 17.5. The molecule has 0 saturated carbocycles. The summed E-state index contributed by atoms with van der Waals surface area (Å²) in [6.07, 6.45) is 0. The number of methoxy groups -OCH3 is 1. The van der Waals surface area contributed by atoms with E-state index in [4.69, 9.17) is 13.9 Å². The zero-order valence-corrected chi connectivity index (χ0v) is 22.6. The summed E-state index contributed by atoms with van der Waals surface area (Å²) in [5, 5.41) is 3.52. The molecule has 0 fully saturated rings. The van der Waals surface area contributed by atoms with Crippen molar-refractivity contribution in [2.75, 3.05) is 19.0 Å². The summed E-state index contributed by atoms with van der Waals surface area (Å²) in [7, 11) is -0.415.